The van der Waals surface area contributed by atoms with E-state index >= 15 is 0 Å². The zero-order valence-corrected chi connectivity index (χ0v) is 11.0. The summed E-state index contributed by atoms with van der Waals surface area (Å²) in [5.41, 5.74) is 0.606. The van der Waals surface area contributed by atoms with Crippen molar-refractivity contribution in [3.05, 3.63) is 48.1 Å². The molecule has 3 aromatic rings. The lowest BCUT2D eigenvalue weighted by molar-refractivity contribution is 0.0679. The number of benzene rings is 1. The molecular weight excluding hydrogens is 274 g/mol. The molecule has 7 nitrogen and oxygen atoms in total. The Morgan fingerprint density at radius 2 is 2.10 bits per heavy atom. The summed E-state index contributed by atoms with van der Waals surface area (Å²) in [5.74, 6) is -1.52. The van der Waals surface area contributed by atoms with Gasteiger partial charge in [-0.1, -0.05) is 18.2 Å². The Hall–Kier alpha value is -3.09. The second-order valence-electron chi connectivity index (χ2n) is 4.47. The Kier molecular flexibility index (Phi) is 2.94. The lowest BCUT2D eigenvalue weighted by atomic mass is 10.2. The number of rotatable bonds is 3. The highest BCUT2D eigenvalue weighted by molar-refractivity contribution is 6.04. The largest absolute Gasteiger partial charge is 0.475 e. The Balaban J connectivity index is 1.86. The number of aromatic carboxylic acids is 1. The number of aryl methyl sites for hydroxylation is 1. The van der Waals surface area contributed by atoms with E-state index in [1.54, 1.807) is 12.1 Å². The first-order valence-corrected chi connectivity index (χ1v) is 6.11. The molecule has 0 saturated heterocycles. The first-order chi connectivity index (χ1) is 10.0. The summed E-state index contributed by atoms with van der Waals surface area (Å²) in [5, 5.41) is 12.2. The number of aromatic nitrogens is 2. The molecule has 0 fully saturated rings. The van der Waals surface area contributed by atoms with Crippen molar-refractivity contribution >= 4 is 28.7 Å². The number of carboxylic acids is 1. The van der Waals surface area contributed by atoms with E-state index in [0.29, 0.717) is 5.58 Å². The predicted molar refractivity (Wildman–Crippen MR) is 74.3 cm³/mol. The van der Waals surface area contributed by atoms with Crippen LogP contribution in [0.15, 0.2) is 40.9 Å². The van der Waals surface area contributed by atoms with Crippen molar-refractivity contribution in [1.29, 1.82) is 0 Å². The molecule has 1 aromatic carbocycles. The third-order valence-electron chi connectivity index (χ3n) is 2.96. The van der Waals surface area contributed by atoms with Gasteiger partial charge in [-0.3, -0.25) is 4.79 Å². The van der Waals surface area contributed by atoms with Gasteiger partial charge in [-0.15, -0.1) is 0 Å². The highest BCUT2D eigenvalue weighted by Crippen LogP contribution is 2.19. The van der Waals surface area contributed by atoms with Crippen LogP contribution in [0.5, 0.6) is 0 Å². The molecule has 0 aliphatic rings. The van der Waals surface area contributed by atoms with Crippen molar-refractivity contribution in [2.45, 2.75) is 0 Å². The van der Waals surface area contributed by atoms with E-state index in [1.165, 1.54) is 17.8 Å². The highest BCUT2D eigenvalue weighted by atomic mass is 16.4. The fraction of sp³-hybridized carbons (Fsp3) is 0.0714. The van der Waals surface area contributed by atoms with Crippen LogP contribution in [0.2, 0.25) is 0 Å². The van der Waals surface area contributed by atoms with Gasteiger partial charge < -0.3 is 19.4 Å². The van der Waals surface area contributed by atoms with Crippen molar-refractivity contribution in [2.75, 3.05) is 5.32 Å². The second-order valence-corrected chi connectivity index (χ2v) is 4.47. The summed E-state index contributed by atoms with van der Waals surface area (Å²) in [7, 11) is 1.54. The number of nitrogens with one attached hydrogen (secondary N) is 1. The van der Waals surface area contributed by atoms with Crippen LogP contribution in [0.4, 0.5) is 5.82 Å². The molecule has 2 N–H and O–H groups in total. The maximum Gasteiger partial charge on any atom is 0.372 e. The normalized spacial score (nSPS) is 10.7. The second kappa shape index (κ2) is 4.78. The average molecular weight is 285 g/mol. The first kappa shape index (κ1) is 12.9. The topological polar surface area (TPSA) is 97.4 Å². The van der Waals surface area contributed by atoms with Crippen LogP contribution in [-0.2, 0) is 7.05 Å². The van der Waals surface area contributed by atoms with Crippen LogP contribution in [-0.4, -0.2) is 26.5 Å². The zero-order valence-electron chi connectivity index (χ0n) is 11.0. The molecule has 3 rings (SSSR count). The van der Waals surface area contributed by atoms with Crippen LogP contribution >= 0.6 is 0 Å². The van der Waals surface area contributed by atoms with Crippen LogP contribution in [0, 0.1) is 0 Å². The molecule has 0 bridgehead atoms. The summed E-state index contributed by atoms with van der Waals surface area (Å²) >= 11 is 0. The van der Waals surface area contributed by atoms with Gasteiger partial charge in [0, 0.05) is 18.6 Å². The van der Waals surface area contributed by atoms with E-state index in [9.17, 15) is 9.59 Å². The van der Waals surface area contributed by atoms with E-state index < -0.39 is 11.9 Å². The quantitative estimate of drug-likeness (QED) is 0.768. The monoisotopic (exact) mass is 285 g/mol. The molecular formula is C14H11N3O4. The molecule has 0 radical (unpaired) electrons. The smallest absolute Gasteiger partial charge is 0.372 e. The summed E-state index contributed by atoms with van der Waals surface area (Å²) in [4.78, 5) is 26.8. The predicted octanol–water partition coefficient (Wildman–Crippen LogP) is 2.12. The number of anilines is 1. The number of hydrogen-bond acceptors (Lipinski definition) is 4. The number of amides is 1. The number of fused-ring (bicyclic) bond motifs is 1. The van der Waals surface area contributed by atoms with E-state index in [0.717, 1.165) is 5.39 Å². The summed E-state index contributed by atoms with van der Waals surface area (Å²) in [6.07, 6.45) is 1.42. The van der Waals surface area contributed by atoms with Crippen LogP contribution < -0.4 is 5.32 Å². The van der Waals surface area contributed by atoms with Gasteiger partial charge in [0.05, 0.1) is 0 Å². The van der Waals surface area contributed by atoms with Gasteiger partial charge in [-0.2, -0.15) is 0 Å². The Morgan fingerprint density at radius 3 is 2.76 bits per heavy atom. The van der Waals surface area contributed by atoms with E-state index in [2.05, 4.69) is 10.3 Å². The molecule has 7 heteroatoms. The summed E-state index contributed by atoms with van der Waals surface area (Å²) in [6, 6.07) is 8.86. The van der Waals surface area contributed by atoms with Crippen molar-refractivity contribution in [1.82, 2.24) is 9.55 Å². The molecule has 0 atom stereocenters. The summed E-state index contributed by atoms with van der Waals surface area (Å²) in [6.45, 7) is 0. The standard InChI is InChI=1S/C14H11N3O4/c1-17-7-11(15-12(17)14(19)20)16-13(18)10-6-8-4-2-3-5-9(8)21-10/h2-7H,1H3,(H,16,18)(H,19,20). The van der Waals surface area contributed by atoms with E-state index in [-0.39, 0.29) is 17.4 Å². The lowest BCUT2D eigenvalue weighted by Gasteiger charge is -1.97. The van der Waals surface area contributed by atoms with Crippen LogP contribution in [0.1, 0.15) is 21.2 Å². The fourth-order valence-electron chi connectivity index (χ4n) is 2.00. The molecule has 0 unspecified atom stereocenters. The average Bonchev–Trinajstić information content (AvgIpc) is 3.02. The van der Waals surface area contributed by atoms with Crippen molar-refractivity contribution in [3.63, 3.8) is 0 Å². The number of imidazole rings is 1. The molecule has 2 heterocycles. The zero-order chi connectivity index (χ0) is 15.0. The van der Waals surface area contributed by atoms with Gasteiger partial charge >= 0.3 is 5.97 Å². The molecule has 2 aromatic heterocycles. The maximum absolute atomic E-state index is 12.1. The van der Waals surface area contributed by atoms with Crippen molar-refractivity contribution in [3.8, 4) is 0 Å². The minimum atomic E-state index is -1.17. The highest BCUT2D eigenvalue weighted by Gasteiger charge is 2.16. The number of nitrogens with zero attached hydrogens (tertiary/aromatic N) is 2. The van der Waals surface area contributed by atoms with Crippen LogP contribution in [0.3, 0.4) is 0 Å². The SMILES string of the molecule is Cn1cc(NC(=O)c2cc3ccccc3o2)nc1C(=O)O. The molecule has 1 amide bonds. The molecule has 106 valence electrons. The Bertz CT molecular complexity index is 814. The minimum absolute atomic E-state index is 0.138. The molecule has 0 spiro atoms. The third kappa shape index (κ3) is 2.36. The number of hydrogen-bond donors (Lipinski definition) is 2. The van der Waals surface area contributed by atoms with Gasteiger partial charge in [0.1, 0.15) is 5.58 Å². The van der Waals surface area contributed by atoms with Gasteiger partial charge in [-0.05, 0) is 12.1 Å². The lowest BCUT2D eigenvalue weighted by Crippen LogP contribution is -2.11. The molecule has 0 saturated carbocycles. The number of carbonyl (C=O) groups is 2. The molecule has 0 aliphatic heterocycles. The van der Waals surface area contributed by atoms with Crippen LogP contribution in [0.25, 0.3) is 11.0 Å². The number of carbonyl (C=O) groups excluding carboxylic acids is 1. The fourth-order valence-corrected chi connectivity index (χ4v) is 2.00. The van der Waals surface area contributed by atoms with Crippen molar-refractivity contribution < 1.29 is 19.1 Å². The maximum atomic E-state index is 12.1. The third-order valence-corrected chi connectivity index (χ3v) is 2.96. The first-order valence-electron chi connectivity index (χ1n) is 6.11. The Morgan fingerprint density at radius 1 is 1.33 bits per heavy atom. The van der Waals surface area contributed by atoms with E-state index in [4.69, 9.17) is 9.52 Å². The van der Waals surface area contributed by atoms with Gasteiger partial charge in [0.2, 0.25) is 5.82 Å². The number of para-hydroxylation sites is 1. The van der Waals surface area contributed by atoms with E-state index in [1.807, 2.05) is 18.2 Å². The minimum Gasteiger partial charge on any atom is -0.475 e. The van der Waals surface area contributed by atoms with Crippen molar-refractivity contribution in [2.24, 2.45) is 7.05 Å². The molecule has 0 aliphatic carbocycles. The summed E-state index contributed by atoms with van der Waals surface area (Å²) < 4.78 is 6.74. The van der Waals surface area contributed by atoms with Gasteiger partial charge in [0.25, 0.3) is 5.91 Å². The molecule has 21 heavy (non-hydrogen) atoms. The van der Waals surface area contributed by atoms with Gasteiger partial charge in [-0.25, -0.2) is 9.78 Å². The number of carboxylic acid groups (broad SMARTS) is 1. The van der Waals surface area contributed by atoms with Gasteiger partial charge in [0.15, 0.2) is 11.6 Å². The number of furan rings is 1. The Labute approximate surface area is 118 Å².